The molecule has 28 heavy (non-hydrogen) atoms. The number of anilines is 1. The largest absolute Gasteiger partial charge is 0.308 e. The molecule has 1 amide bonds. The van der Waals surface area contributed by atoms with E-state index in [1.165, 1.54) is 10.6 Å². The van der Waals surface area contributed by atoms with Gasteiger partial charge >= 0.3 is 0 Å². The van der Waals surface area contributed by atoms with E-state index in [-0.39, 0.29) is 11.8 Å². The van der Waals surface area contributed by atoms with Crippen molar-refractivity contribution < 1.29 is 13.2 Å². The highest BCUT2D eigenvalue weighted by atomic mass is 79.9. The van der Waals surface area contributed by atoms with E-state index in [9.17, 15) is 13.2 Å². The van der Waals surface area contributed by atoms with Crippen molar-refractivity contribution in [2.75, 3.05) is 24.7 Å². The van der Waals surface area contributed by atoms with Crippen LogP contribution in [0.2, 0.25) is 10.0 Å². The van der Waals surface area contributed by atoms with Gasteiger partial charge in [-0.25, -0.2) is 12.7 Å². The Balaban J connectivity index is 1.62. The first-order valence-corrected chi connectivity index (χ1v) is 12.0. The number of nitrogens with one attached hydrogen (secondary N) is 1. The van der Waals surface area contributed by atoms with Gasteiger partial charge in [0.25, 0.3) is 0 Å². The summed E-state index contributed by atoms with van der Waals surface area (Å²) >= 11 is 15.4. The minimum Gasteiger partial charge on any atom is -0.308 e. The lowest BCUT2D eigenvalue weighted by molar-refractivity contribution is -0.120. The number of carbonyl (C=O) groups excluding carboxylic acids is 1. The van der Waals surface area contributed by atoms with Crippen molar-refractivity contribution >= 4 is 60.9 Å². The predicted octanol–water partition coefficient (Wildman–Crippen LogP) is 3.61. The molecule has 0 spiro atoms. The summed E-state index contributed by atoms with van der Waals surface area (Å²) in [5.41, 5.74) is 0.926. The summed E-state index contributed by atoms with van der Waals surface area (Å²) in [4.78, 5) is 12.5. The van der Waals surface area contributed by atoms with Crippen molar-refractivity contribution in [3.05, 3.63) is 44.5 Å². The smallest absolute Gasteiger partial charge is 0.228 e. The van der Waals surface area contributed by atoms with E-state index in [0.29, 0.717) is 52.8 Å². The Morgan fingerprint density at radius 3 is 2.57 bits per heavy atom. The van der Waals surface area contributed by atoms with Crippen molar-refractivity contribution in [1.29, 1.82) is 0 Å². The van der Waals surface area contributed by atoms with Crippen LogP contribution in [-0.2, 0) is 21.4 Å². The summed E-state index contributed by atoms with van der Waals surface area (Å²) in [6.45, 7) is 1.17. The van der Waals surface area contributed by atoms with Crippen LogP contribution < -0.4 is 5.32 Å². The molecular weight excluding hydrogens is 491 g/mol. The highest BCUT2D eigenvalue weighted by molar-refractivity contribution is 9.10. The van der Waals surface area contributed by atoms with Crippen LogP contribution in [-0.4, -0.2) is 47.8 Å². The Morgan fingerprint density at radius 1 is 1.29 bits per heavy atom. The summed E-state index contributed by atoms with van der Waals surface area (Å²) in [5.74, 6) is 0.0226. The number of rotatable bonds is 5. The molecule has 1 aliphatic heterocycles. The van der Waals surface area contributed by atoms with E-state index in [0.717, 1.165) is 5.56 Å². The van der Waals surface area contributed by atoms with E-state index in [1.54, 1.807) is 23.0 Å². The number of piperidine rings is 1. The molecule has 7 nitrogen and oxygen atoms in total. The van der Waals surface area contributed by atoms with Crippen LogP contribution in [0.25, 0.3) is 0 Å². The second-order valence-corrected chi connectivity index (χ2v) is 10.3. The van der Waals surface area contributed by atoms with Gasteiger partial charge in [-0.15, -0.1) is 0 Å². The van der Waals surface area contributed by atoms with Gasteiger partial charge in [0.15, 0.2) is 5.82 Å². The molecule has 0 bridgehead atoms. The molecule has 0 aliphatic carbocycles. The molecule has 2 heterocycles. The average molecular weight is 510 g/mol. The van der Waals surface area contributed by atoms with Gasteiger partial charge in [0.2, 0.25) is 15.9 Å². The van der Waals surface area contributed by atoms with Crippen LogP contribution in [0.4, 0.5) is 5.82 Å². The lowest BCUT2D eigenvalue weighted by Gasteiger charge is -2.29. The van der Waals surface area contributed by atoms with E-state index in [4.69, 9.17) is 23.2 Å². The third-order valence-electron chi connectivity index (χ3n) is 4.58. The second-order valence-electron chi connectivity index (χ2n) is 6.70. The highest BCUT2D eigenvalue weighted by Crippen LogP contribution is 2.26. The zero-order chi connectivity index (χ0) is 20.5. The number of hydrogen-bond acceptors (Lipinski definition) is 4. The Labute approximate surface area is 182 Å². The van der Waals surface area contributed by atoms with Gasteiger partial charge in [0.1, 0.15) is 0 Å². The minimum atomic E-state index is -3.21. The van der Waals surface area contributed by atoms with Gasteiger partial charge in [-0.05, 0) is 46.5 Å². The van der Waals surface area contributed by atoms with Gasteiger partial charge < -0.3 is 5.32 Å². The second kappa shape index (κ2) is 8.71. The fraction of sp³-hybridized carbons (Fsp3) is 0.412. The summed E-state index contributed by atoms with van der Waals surface area (Å²) in [7, 11) is -3.21. The fourth-order valence-corrected chi connectivity index (χ4v) is 4.67. The first-order chi connectivity index (χ1) is 13.1. The van der Waals surface area contributed by atoms with Crippen LogP contribution in [0, 0.1) is 5.92 Å². The van der Waals surface area contributed by atoms with Crippen LogP contribution >= 0.6 is 39.1 Å². The number of benzene rings is 1. The van der Waals surface area contributed by atoms with E-state index in [2.05, 4.69) is 26.3 Å². The first kappa shape index (κ1) is 21.6. The number of carbonyl (C=O) groups is 1. The zero-order valence-electron chi connectivity index (χ0n) is 15.0. The quantitative estimate of drug-likeness (QED) is 0.667. The van der Waals surface area contributed by atoms with Crippen molar-refractivity contribution in [1.82, 2.24) is 14.1 Å². The van der Waals surface area contributed by atoms with Crippen molar-refractivity contribution in [2.24, 2.45) is 5.92 Å². The van der Waals surface area contributed by atoms with E-state index >= 15 is 0 Å². The van der Waals surface area contributed by atoms with Gasteiger partial charge in [0.05, 0.1) is 27.3 Å². The Hall–Kier alpha value is -1.13. The molecule has 1 aromatic carbocycles. The lowest BCUT2D eigenvalue weighted by Crippen LogP contribution is -2.40. The number of amides is 1. The predicted molar refractivity (Wildman–Crippen MR) is 113 cm³/mol. The van der Waals surface area contributed by atoms with Gasteiger partial charge in [-0.3, -0.25) is 9.48 Å². The molecule has 0 radical (unpaired) electrons. The number of aromatic nitrogens is 2. The monoisotopic (exact) mass is 508 g/mol. The van der Waals surface area contributed by atoms with Gasteiger partial charge in [0, 0.05) is 25.2 Å². The van der Waals surface area contributed by atoms with Crippen molar-refractivity contribution in [3.63, 3.8) is 0 Å². The standard InChI is InChI=1S/C17H19BrCl2N4O3S/c1-28(26,27)24-6-4-12(5-7-24)17(25)21-16-13(18)10-23(22-16)9-11-2-3-14(19)15(20)8-11/h2-3,8,10,12H,4-7,9H2,1H3,(H,21,22,25). The topological polar surface area (TPSA) is 84.3 Å². The Bertz CT molecular complexity index is 988. The SMILES string of the molecule is CS(=O)(=O)N1CCC(C(=O)Nc2nn(Cc3ccc(Cl)c(Cl)c3)cc2Br)CC1. The summed E-state index contributed by atoms with van der Waals surface area (Å²) in [6, 6.07) is 5.36. The van der Waals surface area contributed by atoms with E-state index < -0.39 is 10.0 Å². The van der Waals surface area contributed by atoms with Crippen LogP contribution in [0.3, 0.4) is 0 Å². The normalized spacial score (nSPS) is 16.3. The molecule has 152 valence electrons. The van der Waals surface area contributed by atoms with Crippen LogP contribution in [0.15, 0.2) is 28.9 Å². The van der Waals surface area contributed by atoms with Crippen molar-refractivity contribution in [3.8, 4) is 0 Å². The molecule has 0 unspecified atom stereocenters. The third-order valence-corrected chi connectivity index (χ3v) is 7.20. The highest BCUT2D eigenvalue weighted by Gasteiger charge is 2.29. The molecule has 1 aromatic heterocycles. The summed E-state index contributed by atoms with van der Waals surface area (Å²) < 4.78 is 26.9. The molecule has 1 aliphatic rings. The molecule has 11 heteroatoms. The molecule has 1 fully saturated rings. The molecule has 1 saturated heterocycles. The number of sulfonamides is 1. The maximum absolute atomic E-state index is 12.5. The number of hydrogen-bond donors (Lipinski definition) is 1. The van der Waals surface area contributed by atoms with Crippen molar-refractivity contribution in [2.45, 2.75) is 19.4 Å². The molecule has 0 saturated carbocycles. The number of halogens is 3. The van der Waals surface area contributed by atoms with Gasteiger partial charge in [-0.2, -0.15) is 5.10 Å². The molecule has 1 N–H and O–H groups in total. The molecule has 2 aromatic rings. The van der Waals surface area contributed by atoms with Crippen LogP contribution in [0.1, 0.15) is 18.4 Å². The molecule has 3 rings (SSSR count). The summed E-state index contributed by atoms with van der Waals surface area (Å²) in [6.07, 6.45) is 3.93. The minimum absolute atomic E-state index is 0.159. The Kier molecular flexibility index (Phi) is 6.71. The average Bonchev–Trinajstić information content (AvgIpc) is 2.96. The van der Waals surface area contributed by atoms with E-state index in [1.807, 2.05) is 6.07 Å². The lowest BCUT2D eigenvalue weighted by atomic mass is 9.97. The Morgan fingerprint density at radius 2 is 1.96 bits per heavy atom. The molecular formula is C17H19BrCl2N4O3S. The fourth-order valence-electron chi connectivity index (χ4n) is 3.06. The molecule has 0 atom stereocenters. The zero-order valence-corrected chi connectivity index (χ0v) is 18.9. The maximum Gasteiger partial charge on any atom is 0.228 e. The third kappa shape index (κ3) is 5.27. The summed E-state index contributed by atoms with van der Waals surface area (Å²) in [5, 5.41) is 8.19. The van der Waals surface area contributed by atoms with Crippen LogP contribution in [0.5, 0.6) is 0 Å². The number of nitrogens with zero attached hydrogens (tertiary/aromatic N) is 3. The van der Waals surface area contributed by atoms with Gasteiger partial charge in [-0.1, -0.05) is 29.3 Å². The maximum atomic E-state index is 12.5. The first-order valence-electron chi connectivity index (χ1n) is 8.56.